The molecule has 0 saturated heterocycles. The summed E-state index contributed by atoms with van der Waals surface area (Å²) in [7, 11) is 0. The lowest BCUT2D eigenvalue weighted by atomic mass is 10.1. The van der Waals surface area contributed by atoms with Crippen molar-refractivity contribution in [3.63, 3.8) is 0 Å². The van der Waals surface area contributed by atoms with E-state index in [2.05, 4.69) is 25.7 Å². The predicted octanol–water partition coefficient (Wildman–Crippen LogP) is 2.75. The molecule has 1 amide bonds. The van der Waals surface area contributed by atoms with E-state index < -0.39 is 34.8 Å². The molecule has 10 heteroatoms. The van der Waals surface area contributed by atoms with Crippen LogP contribution in [0.3, 0.4) is 0 Å². The summed E-state index contributed by atoms with van der Waals surface area (Å²) in [5, 5.41) is 12.4. The molecule has 0 aliphatic carbocycles. The van der Waals surface area contributed by atoms with Crippen LogP contribution in [-0.4, -0.2) is 26.2 Å². The zero-order valence-corrected chi connectivity index (χ0v) is 15.4. The number of carbonyl (C=O) groups excluding carboxylic acids is 1. The first-order chi connectivity index (χ1) is 14.5. The van der Waals surface area contributed by atoms with Gasteiger partial charge in [0.25, 0.3) is 5.91 Å². The van der Waals surface area contributed by atoms with Gasteiger partial charge in [-0.15, -0.1) is 0 Å². The third-order valence-corrected chi connectivity index (χ3v) is 4.39. The zero-order chi connectivity index (χ0) is 21.1. The summed E-state index contributed by atoms with van der Waals surface area (Å²) in [5.74, 6) is -2.37. The summed E-state index contributed by atoms with van der Waals surface area (Å²) in [5.41, 5.74) is -0.172. The van der Waals surface area contributed by atoms with Crippen molar-refractivity contribution in [3.8, 4) is 11.3 Å². The van der Waals surface area contributed by atoms with Crippen molar-refractivity contribution in [2.24, 2.45) is 0 Å². The van der Waals surface area contributed by atoms with E-state index in [0.717, 1.165) is 23.8 Å². The number of nitrogens with one attached hydrogen (secondary N) is 3. The molecule has 2 heterocycles. The summed E-state index contributed by atoms with van der Waals surface area (Å²) >= 11 is 0. The Morgan fingerprint density at radius 3 is 2.50 bits per heavy atom. The minimum Gasteiger partial charge on any atom is -0.350 e. The van der Waals surface area contributed by atoms with Crippen LogP contribution < -0.4 is 11.0 Å². The summed E-state index contributed by atoms with van der Waals surface area (Å²) in [6.07, 6.45) is 0.330. The highest BCUT2D eigenvalue weighted by Gasteiger charge is 2.23. The van der Waals surface area contributed by atoms with Gasteiger partial charge in [0.2, 0.25) is 5.76 Å². The average molecular weight is 411 g/mol. The van der Waals surface area contributed by atoms with Gasteiger partial charge in [0.1, 0.15) is 17.3 Å². The van der Waals surface area contributed by atoms with Crippen molar-refractivity contribution >= 4 is 5.91 Å². The standard InChI is InChI=1S/C20H15F2N5O3/c21-12-7-4-8-13(22)17(12)14-10-16(30-27-14)19(28)23-15(18-24-20(29)26-25-18)9-11-5-2-1-3-6-11/h1-8,10,15H,9H2,(H,23,28)(H2,24,25,26,29). The Bertz CT molecular complexity index is 1210. The third kappa shape index (κ3) is 4.02. The van der Waals surface area contributed by atoms with Crippen molar-refractivity contribution in [2.75, 3.05) is 0 Å². The Morgan fingerprint density at radius 1 is 1.10 bits per heavy atom. The molecule has 0 spiro atoms. The molecule has 0 radical (unpaired) electrons. The van der Waals surface area contributed by atoms with Crippen LogP contribution in [0.15, 0.2) is 63.9 Å². The van der Waals surface area contributed by atoms with Crippen LogP contribution in [-0.2, 0) is 6.42 Å². The second kappa shape index (κ2) is 8.11. The molecule has 4 aromatic rings. The highest BCUT2D eigenvalue weighted by Crippen LogP contribution is 2.26. The molecule has 4 rings (SSSR count). The fourth-order valence-electron chi connectivity index (χ4n) is 2.99. The molecule has 0 fully saturated rings. The monoisotopic (exact) mass is 411 g/mol. The number of carbonyl (C=O) groups is 1. The predicted molar refractivity (Wildman–Crippen MR) is 101 cm³/mol. The second-order valence-corrected chi connectivity index (χ2v) is 6.45. The van der Waals surface area contributed by atoms with Crippen LogP contribution in [0.5, 0.6) is 0 Å². The summed E-state index contributed by atoms with van der Waals surface area (Å²) < 4.78 is 32.9. The number of hydrogen-bond acceptors (Lipinski definition) is 5. The molecule has 2 aromatic heterocycles. The minimum atomic E-state index is -0.827. The van der Waals surface area contributed by atoms with Gasteiger partial charge in [0, 0.05) is 6.07 Å². The number of benzene rings is 2. The maximum atomic E-state index is 14.0. The van der Waals surface area contributed by atoms with E-state index in [0.29, 0.717) is 6.42 Å². The molecule has 0 aliphatic heterocycles. The van der Waals surface area contributed by atoms with Gasteiger partial charge in [-0.2, -0.15) is 5.10 Å². The molecular weight excluding hydrogens is 396 g/mol. The number of H-pyrrole nitrogens is 2. The number of aromatic nitrogens is 4. The largest absolute Gasteiger partial charge is 0.350 e. The molecule has 3 N–H and O–H groups in total. The normalized spacial score (nSPS) is 11.9. The van der Waals surface area contributed by atoms with E-state index >= 15 is 0 Å². The van der Waals surface area contributed by atoms with Crippen molar-refractivity contribution in [1.29, 1.82) is 0 Å². The fourth-order valence-corrected chi connectivity index (χ4v) is 2.99. The van der Waals surface area contributed by atoms with Gasteiger partial charge in [0.05, 0.1) is 11.6 Å². The maximum Gasteiger partial charge on any atom is 0.340 e. The zero-order valence-electron chi connectivity index (χ0n) is 15.4. The van der Waals surface area contributed by atoms with Gasteiger partial charge in [-0.25, -0.2) is 18.7 Å². The Kier molecular flexibility index (Phi) is 5.21. The topological polar surface area (TPSA) is 117 Å². The van der Waals surface area contributed by atoms with E-state index in [1.54, 1.807) is 0 Å². The first kappa shape index (κ1) is 19.2. The van der Waals surface area contributed by atoms with Gasteiger partial charge >= 0.3 is 5.69 Å². The number of nitrogens with zero attached hydrogens (tertiary/aromatic N) is 2. The summed E-state index contributed by atoms with van der Waals surface area (Å²) in [4.78, 5) is 26.6. The Balaban J connectivity index is 1.59. The number of rotatable bonds is 6. The lowest BCUT2D eigenvalue weighted by Gasteiger charge is -2.15. The van der Waals surface area contributed by atoms with Crippen LogP contribution >= 0.6 is 0 Å². The minimum absolute atomic E-state index is 0.150. The lowest BCUT2D eigenvalue weighted by molar-refractivity contribution is 0.0897. The third-order valence-electron chi connectivity index (χ3n) is 4.39. The van der Waals surface area contributed by atoms with Gasteiger partial charge in [-0.1, -0.05) is 41.6 Å². The molecule has 152 valence electrons. The number of aromatic amines is 2. The summed E-state index contributed by atoms with van der Waals surface area (Å²) in [6.45, 7) is 0. The molecule has 0 bridgehead atoms. The smallest absolute Gasteiger partial charge is 0.340 e. The number of amides is 1. The number of halogens is 2. The van der Waals surface area contributed by atoms with Gasteiger partial charge in [-0.3, -0.25) is 9.78 Å². The van der Waals surface area contributed by atoms with Crippen molar-refractivity contribution in [1.82, 2.24) is 25.7 Å². The Labute approximate surface area is 167 Å². The van der Waals surface area contributed by atoms with E-state index in [1.807, 2.05) is 30.3 Å². The molecular formula is C20H15F2N5O3. The molecule has 1 unspecified atom stereocenters. The first-order valence-electron chi connectivity index (χ1n) is 8.91. The van der Waals surface area contributed by atoms with Crippen molar-refractivity contribution < 1.29 is 18.1 Å². The SMILES string of the molecule is O=C(NC(Cc1ccccc1)c1n[nH]c(=O)[nH]1)c1cc(-c2c(F)cccc2F)no1. The molecule has 1 atom stereocenters. The van der Waals surface area contributed by atoms with E-state index in [9.17, 15) is 18.4 Å². The van der Waals surface area contributed by atoms with Crippen molar-refractivity contribution in [2.45, 2.75) is 12.5 Å². The fraction of sp³-hybridized carbons (Fsp3) is 0.100. The van der Waals surface area contributed by atoms with Gasteiger partial charge in [0.15, 0.2) is 5.82 Å². The Hall–Kier alpha value is -4.08. The van der Waals surface area contributed by atoms with E-state index in [1.165, 1.54) is 6.07 Å². The average Bonchev–Trinajstić information content (AvgIpc) is 3.38. The second-order valence-electron chi connectivity index (χ2n) is 6.45. The van der Waals surface area contributed by atoms with Crippen LogP contribution in [0, 0.1) is 11.6 Å². The molecule has 2 aromatic carbocycles. The summed E-state index contributed by atoms with van der Waals surface area (Å²) in [6, 6.07) is 13.1. The van der Waals surface area contributed by atoms with E-state index in [4.69, 9.17) is 4.52 Å². The highest BCUT2D eigenvalue weighted by molar-refractivity contribution is 5.92. The van der Waals surface area contributed by atoms with E-state index in [-0.39, 0.29) is 17.3 Å². The molecule has 30 heavy (non-hydrogen) atoms. The van der Waals surface area contributed by atoms with Crippen LogP contribution in [0.1, 0.15) is 28.0 Å². The molecule has 0 aliphatic rings. The molecule has 0 saturated carbocycles. The van der Waals surface area contributed by atoms with Gasteiger partial charge < -0.3 is 9.84 Å². The Morgan fingerprint density at radius 2 is 1.83 bits per heavy atom. The maximum absolute atomic E-state index is 14.0. The molecule has 8 nitrogen and oxygen atoms in total. The quantitative estimate of drug-likeness (QED) is 0.451. The highest BCUT2D eigenvalue weighted by atomic mass is 19.1. The van der Waals surface area contributed by atoms with Crippen LogP contribution in [0.4, 0.5) is 8.78 Å². The van der Waals surface area contributed by atoms with Crippen LogP contribution in [0.25, 0.3) is 11.3 Å². The van der Waals surface area contributed by atoms with Crippen molar-refractivity contribution in [3.05, 3.63) is 93.9 Å². The van der Waals surface area contributed by atoms with Gasteiger partial charge in [-0.05, 0) is 24.1 Å². The lowest BCUT2D eigenvalue weighted by Crippen LogP contribution is -2.30. The van der Waals surface area contributed by atoms with Crippen LogP contribution in [0.2, 0.25) is 0 Å². The number of hydrogen-bond donors (Lipinski definition) is 3. The first-order valence-corrected chi connectivity index (χ1v) is 8.91.